The molecule has 14 heavy (non-hydrogen) atoms. The van der Waals surface area contributed by atoms with Crippen molar-refractivity contribution in [1.82, 2.24) is 0 Å². The van der Waals surface area contributed by atoms with Gasteiger partial charge < -0.3 is 4.90 Å². The molecule has 0 aliphatic rings. The maximum Gasteiger partial charge on any atom is 0.114 e. The molecule has 2 aromatic carbocycles. The van der Waals surface area contributed by atoms with Gasteiger partial charge in [0, 0.05) is 19.8 Å². The minimum Gasteiger partial charge on any atom is -0.377 e. The molecule has 2 heteroatoms. The Kier molecular flexibility index (Phi) is 2.20. The van der Waals surface area contributed by atoms with Gasteiger partial charge in [0.15, 0.2) is 0 Å². The summed E-state index contributed by atoms with van der Waals surface area (Å²) in [6.07, 6.45) is 0. The van der Waals surface area contributed by atoms with E-state index in [0.717, 1.165) is 10.8 Å². The van der Waals surface area contributed by atoms with Crippen molar-refractivity contribution in [2.45, 2.75) is 0 Å². The Bertz CT molecular complexity index is 458. The fourth-order valence-electron chi connectivity index (χ4n) is 1.72. The van der Waals surface area contributed by atoms with Crippen LogP contribution in [0.4, 0.5) is 5.69 Å². The number of benzene rings is 2. The maximum atomic E-state index is 5.97. The van der Waals surface area contributed by atoms with Crippen molar-refractivity contribution in [1.29, 1.82) is 0 Å². The minimum absolute atomic E-state index is 0.840. The first-order valence-electron chi connectivity index (χ1n) is 4.64. The van der Waals surface area contributed by atoms with Crippen molar-refractivity contribution in [2.24, 2.45) is 0 Å². The van der Waals surface area contributed by atoms with Gasteiger partial charge in [-0.15, -0.1) is 0 Å². The van der Waals surface area contributed by atoms with E-state index in [0.29, 0.717) is 0 Å². The van der Waals surface area contributed by atoms with Gasteiger partial charge in [0.1, 0.15) is 7.85 Å². The first-order chi connectivity index (χ1) is 6.70. The van der Waals surface area contributed by atoms with Crippen LogP contribution in [-0.2, 0) is 0 Å². The second kappa shape index (κ2) is 3.37. The highest BCUT2D eigenvalue weighted by Gasteiger charge is 2.03. The highest BCUT2D eigenvalue weighted by Crippen LogP contribution is 2.22. The molecular weight excluding hydrogens is 169 g/mol. The van der Waals surface area contributed by atoms with Crippen molar-refractivity contribution in [3.63, 3.8) is 0 Å². The maximum absolute atomic E-state index is 5.97. The summed E-state index contributed by atoms with van der Waals surface area (Å²) in [5, 5.41) is 2.33. The van der Waals surface area contributed by atoms with Gasteiger partial charge >= 0.3 is 0 Å². The molecule has 0 saturated heterocycles. The van der Waals surface area contributed by atoms with E-state index in [1.165, 1.54) is 11.1 Å². The van der Waals surface area contributed by atoms with Gasteiger partial charge in [-0.25, -0.2) is 0 Å². The molecule has 0 N–H and O–H groups in total. The molecular formula is C12H12BN. The second-order valence-electron chi connectivity index (χ2n) is 3.62. The zero-order chi connectivity index (χ0) is 10.1. The lowest BCUT2D eigenvalue weighted by molar-refractivity contribution is 1.14. The van der Waals surface area contributed by atoms with Crippen LogP contribution in [0, 0.1) is 0 Å². The SMILES string of the molecule is [B]c1cccc2cccc(N(C)C)c12. The topological polar surface area (TPSA) is 3.24 Å². The van der Waals surface area contributed by atoms with Crippen molar-refractivity contribution in [3.05, 3.63) is 36.4 Å². The molecule has 2 rings (SSSR count). The molecule has 0 spiro atoms. The lowest BCUT2D eigenvalue weighted by Crippen LogP contribution is -2.13. The predicted molar refractivity (Wildman–Crippen MR) is 63.7 cm³/mol. The summed E-state index contributed by atoms with van der Waals surface area (Å²) in [7, 11) is 10.0. The summed E-state index contributed by atoms with van der Waals surface area (Å²) in [5.41, 5.74) is 2.01. The number of fused-ring (bicyclic) bond motifs is 1. The Morgan fingerprint density at radius 2 is 1.64 bits per heavy atom. The Morgan fingerprint density at radius 1 is 1.00 bits per heavy atom. The first kappa shape index (κ1) is 9.13. The molecule has 0 aliphatic carbocycles. The van der Waals surface area contributed by atoms with Crippen LogP contribution in [0.1, 0.15) is 0 Å². The molecule has 0 amide bonds. The van der Waals surface area contributed by atoms with E-state index in [2.05, 4.69) is 29.2 Å². The largest absolute Gasteiger partial charge is 0.377 e. The van der Waals surface area contributed by atoms with E-state index in [-0.39, 0.29) is 0 Å². The Labute approximate surface area is 85.8 Å². The Morgan fingerprint density at radius 3 is 2.29 bits per heavy atom. The summed E-state index contributed by atoms with van der Waals surface area (Å²) in [6.45, 7) is 0. The number of hydrogen-bond donors (Lipinski definition) is 0. The van der Waals surface area contributed by atoms with E-state index in [1.807, 2.05) is 26.2 Å². The second-order valence-corrected chi connectivity index (χ2v) is 3.62. The summed E-state index contributed by atoms with van der Waals surface area (Å²) in [4.78, 5) is 2.08. The molecule has 2 aromatic rings. The molecule has 0 aromatic heterocycles. The molecule has 0 bridgehead atoms. The minimum atomic E-state index is 0.840. The number of hydrogen-bond acceptors (Lipinski definition) is 1. The van der Waals surface area contributed by atoms with Crippen molar-refractivity contribution in [2.75, 3.05) is 19.0 Å². The van der Waals surface area contributed by atoms with Crippen molar-refractivity contribution in [3.8, 4) is 0 Å². The highest BCUT2D eigenvalue weighted by atomic mass is 15.1. The van der Waals surface area contributed by atoms with E-state index in [4.69, 9.17) is 7.85 Å². The molecule has 0 saturated carbocycles. The molecule has 0 heterocycles. The molecule has 1 nitrogen and oxygen atoms in total. The predicted octanol–water partition coefficient (Wildman–Crippen LogP) is 1.70. The van der Waals surface area contributed by atoms with Gasteiger partial charge in [-0.3, -0.25) is 0 Å². The van der Waals surface area contributed by atoms with Crippen LogP contribution in [0.5, 0.6) is 0 Å². The van der Waals surface area contributed by atoms with Crippen LogP contribution in [0.2, 0.25) is 0 Å². The third-order valence-electron chi connectivity index (χ3n) is 2.40. The molecule has 68 valence electrons. The van der Waals surface area contributed by atoms with Crippen LogP contribution in [0.3, 0.4) is 0 Å². The summed E-state index contributed by atoms with van der Waals surface area (Å²) >= 11 is 0. The summed E-state index contributed by atoms with van der Waals surface area (Å²) < 4.78 is 0. The fraction of sp³-hybridized carbons (Fsp3) is 0.167. The number of anilines is 1. The monoisotopic (exact) mass is 181 g/mol. The van der Waals surface area contributed by atoms with Crippen molar-refractivity contribution < 1.29 is 0 Å². The molecule has 0 aliphatic heterocycles. The van der Waals surface area contributed by atoms with Gasteiger partial charge in [0.25, 0.3) is 0 Å². The van der Waals surface area contributed by atoms with E-state index in [1.54, 1.807) is 0 Å². The van der Waals surface area contributed by atoms with E-state index in [9.17, 15) is 0 Å². The van der Waals surface area contributed by atoms with Crippen LogP contribution in [-0.4, -0.2) is 21.9 Å². The normalized spacial score (nSPS) is 10.4. The smallest absolute Gasteiger partial charge is 0.114 e. The van der Waals surface area contributed by atoms with Gasteiger partial charge in [0.2, 0.25) is 0 Å². The number of rotatable bonds is 1. The molecule has 2 radical (unpaired) electrons. The van der Waals surface area contributed by atoms with Crippen LogP contribution < -0.4 is 10.4 Å². The highest BCUT2D eigenvalue weighted by molar-refractivity contribution is 6.40. The average molecular weight is 181 g/mol. The van der Waals surface area contributed by atoms with E-state index < -0.39 is 0 Å². The van der Waals surface area contributed by atoms with Crippen molar-refractivity contribution >= 4 is 29.8 Å². The van der Waals surface area contributed by atoms with Gasteiger partial charge in [0.05, 0.1) is 0 Å². The third kappa shape index (κ3) is 1.37. The van der Waals surface area contributed by atoms with Gasteiger partial charge in [-0.1, -0.05) is 35.8 Å². The van der Waals surface area contributed by atoms with Gasteiger partial charge in [-0.05, 0) is 16.8 Å². The quantitative estimate of drug-likeness (QED) is 0.605. The average Bonchev–Trinajstić information content (AvgIpc) is 2.17. The zero-order valence-electron chi connectivity index (χ0n) is 8.49. The Balaban J connectivity index is 2.84. The lowest BCUT2D eigenvalue weighted by Gasteiger charge is -2.16. The Hall–Kier alpha value is -1.44. The molecule has 0 atom stereocenters. The van der Waals surface area contributed by atoms with Crippen LogP contribution >= 0.6 is 0 Å². The third-order valence-corrected chi connectivity index (χ3v) is 2.40. The number of nitrogens with zero attached hydrogens (tertiary/aromatic N) is 1. The fourth-order valence-corrected chi connectivity index (χ4v) is 1.72. The van der Waals surface area contributed by atoms with Crippen LogP contribution in [0.25, 0.3) is 10.8 Å². The van der Waals surface area contributed by atoms with Gasteiger partial charge in [-0.2, -0.15) is 0 Å². The lowest BCUT2D eigenvalue weighted by atomic mass is 9.89. The molecule has 0 unspecified atom stereocenters. The zero-order valence-corrected chi connectivity index (χ0v) is 8.49. The summed E-state index contributed by atoms with van der Waals surface area (Å²) in [6, 6.07) is 12.2. The van der Waals surface area contributed by atoms with E-state index >= 15 is 0 Å². The van der Waals surface area contributed by atoms with Crippen LogP contribution in [0.15, 0.2) is 36.4 Å². The molecule has 0 fully saturated rings. The summed E-state index contributed by atoms with van der Waals surface area (Å²) in [5.74, 6) is 0. The first-order valence-corrected chi connectivity index (χ1v) is 4.64. The standard InChI is InChI=1S/C12H12BN/c1-14(2)11-8-4-6-9-5-3-7-10(13)12(9)11/h3-8H,1-2H3.